The van der Waals surface area contributed by atoms with Crippen molar-refractivity contribution in [3.8, 4) is 11.5 Å². The van der Waals surface area contributed by atoms with Crippen LogP contribution in [0.2, 0.25) is 0 Å². The van der Waals surface area contributed by atoms with Gasteiger partial charge in [-0.15, -0.1) is 0 Å². The number of nitro groups is 1. The van der Waals surface area contributed by atoms with Crippen LogP contribution < -0.4 is 14.1 Å². The first-order valence-electron chi connectivity index (χ1n) is 9.49. The van der Waals surface area contributed by atoms with Gasteiger partial charge in [0.25, 0.3) is 5.69 Å². The zero-order valence-corrected chi connectivity index (χ0v) is 17.9. The maximum Gasteiger partial charge on any atom is 0.513 e. The van der Waals surface area contributed by atoms with Gasteiger partial charge in [0.2, 0.25) is 0 Å². The summed E-state index contributed by atoms with van der Waals surface area (Å²) in [6, 6.07) is 12.3. The molecule has 0 bridgehead atoms. The number of non-ortho nitro benzene ring substituents is 1. The van der Waals surface area contributed by atoms with Crippen molar-refractivity contribution in [2.24, 2.45) is 0 Å². The number of para-hydroxylation sites is 1. The number of benzene rings is 2. The Kier molecular flexibility index (Phi) is 8.38. The van der Waals surface area contributed by atoms with Gasteiger partial charge in [-0.2, -0.15) is 5.09 Å². The first-order chi connectivity index (χ1) is 14.2. The fraction of sp³-hybridized carbons (Fsp3) is 0.350. The maximum absolute atomic E-state index is 13.4. The molecular formula is C20H25N2O7P. The second-order valence-corrected chi connectivity index (χ2v) is 8.25. The van der Waals surface area contributed by atoms with Crippen LogP contribution in [-0.4, -0.2) is 23.0 Å². The van der Waals surface area contributed by atoms with Crippen molar-refractivity contribution in [1.82, 2.24) is 5.09 Å². The number of esters is 1. The fourth-order valence-electron chi connectivity index (χ4n) is 2.51. The lowest BCUT2D eigenvalue weighted by atomic mass is 10.2. The van der Waals surface area contributed by atoms with E-state index in [1.165, 1.54) is 31.2 Å². The molecule has 0 spiro atoms. The summed E-state index contributed by atoms with van der Waals surface area (Å²) in [6.07, 6.45) is 1.28. The summed E-state index contributed by atoms with van der Waals surface area (Å²) in [5, 5.41) is 13.4. The van der Waals surface area contributed by atoms with Crippen LogP contribution in [0.25, 0.3) is 0 Å². The van der Waals surface area contributed by atoms with Crippen LogP contribution in [0.3, 0.4) is 0 Å². The van der Waals surface area contributed by atoms with Crippen LogP contribution in [0.4, 0.5) is 5.69 Å². The molecule has 0 aromatic heterocycles. The van der Waals surface area contributed by atoms with Crippen LogP contribution in [0.15, 0.2) is 54.6 Å². The van der Waals surface area contributed by atoms with Gasteiger partial charge in [0.05, 0.1) is 11.0 Å². The number of rotatable bonds is 11. The lowest BCUT2D eigenvalue weighted by Gasteiger charge is -2.24. The summed E-state index contributed by atoms with van der Waals surface area (Å²) in [7, 11) is -4.09. The molecule has 10 heteroatoms. The Morgan fingerprint density at radius 2 is 1.63 bits per heavy atom. The first kappa shape index (κ1) is 23.4. The van der Waals surface area contributed by atoms with Gasteiger partial charge in [-0.25, -0.2) is 4.57 Å². The van der Waals surface area contributed by atoms with Crippen molar-refractivity contribution in [2.75, 3.05) is 0 Å². The van der Waals surface area contributed by atoms with Gasteiger partial charge in [0.15, 0.2) is 0 Å². The van der Waals surface area contributed by atoms with Crippen molar-refractivity contribution in [1.29, 1.82) is 0 Å². The molecule has 162 valence electrons. The van der Waals surface area contributed by atoms with E-state index in [1.807, 2.05) is 6.92 Å². The number of ether oxygens (including phenoxy) is 1. The highest BCUT2D eigenvalue weighted by Crippen LogP contribution is 2.45. The smallest absolute Gasteiger partial charge is 0.462 e. The molecule has 0 fully saturated rings. The molecule has 1 N–H and O–H groups in total. The zero-order valence-electron chi connectivity index (χ0n) is 17.0. The summed E-state index contributed by atoms with van der Waals surface area (Å²) < 4.78 is 29.8. The molecular weight excluding hydrogens is 411 g/mol. The molecule has 0 amide bonds. The summed E-state index contributed by atoms with van der Waals surface area (Å²) in [4.78, 5) is 22.6. The van der Waals surface area contributed by atoms with E-state index in [-0.39, 0.29) is 23.3 Å². The molecule has 30 heavy (non-hydrogen) atoms. The number of nitrogens with zero attached hydrogens (tertiary/aromatic N) is 1. The molecule has 0 aliphatic carbocycles. The highest BCUT2D eigenvalue weighted by atomic mass is 31.2. The van der Waals surface area contributed by atoms with Crippen LogP contribution in [0.1, 0.15) is 33.6 Å². The molecule has 0 radical (unpaired) electrons. The number of hydrogen-bond donors (Lipinski definition) is 1. The van der Waals surface area contributed by atoms with Crippen molar-refractivity contribution in [2.45, 2.75) is 45.8 Å². The van der Waals surface area contributed by atoms with Crippen LogP contribution in [0.5, 0.6) is 11.5 Å². The number of hydrogen-bond acceptors (Lipinski definition) is 7. The van der Waals surface area contributed by atoms with Gasteiger partial charge < -0.3 is 13.8 Å². The molecule has 2 aromatic carbocycles. The number of nitro benzene ring substituents is 1. The molecule has 0 aliphatic rings. The minimum absolute atomic E-state index is 0.0762. The normalized spacial score (nSPS) is 14.8. The molecule has 2 rings (SSSR count). The van der Waals surface area contributed by atoms with Crippen molar-refractivity contribution in [3.63, 3.8) is 0 Å². The summed E-state index contributed by atoms with van der Waals surface area (Å²) in [5.74, 6) is -0.261. The molecule has 3 atom stereocenters. The Hall–Kier alpha value is -2.90. The molecule has 0 saturated heterocycles. The zero-order chi connectivity index (χ0) is 22.1. The van der Waals surface area contributed by atoms with Gasteiger partial charge in [0.1, 0.15) is 17.5 Å². The van der Waals surface area contributed by atoms with E-state index in [0.29, 0.717) is 6.42 Å². The van der Waals surface area contributed by atoms with Gasteiger partial charge >= 0.3 is 13.7 Å². The number of nitrogens with one attached hydrogen (secondary N) is 1. The molecule has 0 aliphatic heterocycles. The fourth-order valence-corrected chi connectivity index (χ4v) is 4.04. The van der Waals surface area contributed by atoms with Gasteiger partial charge in [0, 0.05) is 12.1 Å². The second-order valence-electron chi connectivity index (χ2n) is 6.63. The molecule has 0 saturated carbocycles. The molecule has 2 aromatic rings. The van der Waals surface area contributed by atoms with Gasteiger partial charge in [-0.1, -0.05) is 31.5 Å². The molecule has 9 nitrogen and oxygen atoms in total. The van der Waals surface area contributed by atoms with E-state index < -0.39 is 24.7 Å². The standard InChI is InChI=1S/C20H25N2O7P/c1-4-8-15(2)27-20(23)16(3)21-30(26,28-18-9-6-5-7-10-18)29-19-13-11-17(12-14-19)22(24)25/h5-7,9-16H,4,8H2,1-3H3,(H,21,26)/t15-,16?,30?/m1/s1. The number of carbonyl (C=O) groups excluding carboxylic acids is 1. The van der Waals surface area contributed by atoms with Gasteiger partial charge in [-0.3, -0.25) is 14.9 Å². The Bertz CT molecular complexity index is 890. The van der Waals surface area contributed by atoms with E-state index >= 15 is 0 Å². The van der Waals surface area contributed by atoms with E-state index in [4.69, 9.17) is 13.8 Å². The van der Waals surface area contributed by atoms with Crippen molar-refractivity contribution < 1.29 is 28.1 Å². The van der Waals surface area contributed by atoms with E-state index in [0.717, 1.165) is 6.42 Å². The third kappa shape index (κ3) is 7.17. The predicted molar refractivity (Wildman–Crippen MR) is 111 cm³/mol. The number of carbonyl (C=O) groups is 1. The van der Waals surface area contributed by atoms with Crippen molar-refractivity contribution >= 4 is 19.4 Å². The van der Waals surface area contributed by atoms with Gasteiger partial charge in [-0.05, 0) is 44.5 Å². The largest absolute Gasteiger partial charge is 0.513 e. The first-order valence-corrected chi connectivity index (χ1v) is 11.0. The minimum Gasteiger partial charge on any atom is -0.462 e. The maximum atomic E-state index is 13.4. The lowest BCUT2D eigenvalue weighted by Crippen LogP contribution is -2.37. The van der Waals surface area contributed by atoms with Crippen LogP contribution in [0, 0.1) is 10.1 Å². The topological polar surface area (TPSA) is 117 Å². The summed E-state index contributed by atoms with van der Waals surface area (Å²) in [6.45, 7) is 5.24. The summed E-state index contributed by atoms with van der Waals surface area (Å²) >= 11 is 0. The van der Waals surface area contributed by atoms with Crippen LogP contribution in [-0.2, 0) is 14.1 Å². The minimum atomic E-state index is -4.09. The average Bonchev–Trinajstić information content (AvgIpc) is 2.69. The Labute approximate surface area is 175 Å². The predicted octanol–water partition coefficient (Wildman–Crippen LogP) is 4.87. The van der Waals surface area contributed by atoms with Crippen molar-refractivity contribution in [3.05, 3.63) is 64.7 Å². The second kappa shape index (κ2) is 10.8. The third-order valence-electron chi connectivity index (χ3n) is 3.96. The Balaban J connectivity index is 2.19. The van der Waals surface area contributed by atoms with Crippen LogP contribution >= 0.6 is 7.75 Å². The third-order valence-corrected chi connectivity index (χ3v) is 5.57. The summed E-state index contributed by atoms with van der Waals surface area (Å²) in [5.41, 5.74) is -0.143. The Morgan fingerprint density at radius 1 is 1.07 bits per heavy atom. The van der Waals surface area contributed by atoms with E-state index in [2.05, 4.69) is 5.09 Å². The monoisotopic (exact) mass is 436 g/mol. The average molecular weight is 436 g/mol. The molecule has 0 heterocycles. The quantitative estimate of drug-likeness (QED) is 0.229. The highest BCUT2D eigenvalue weighted by Gasteiger charge is 2.34. The SMILES string of the molecule is CCC[C@@H](C)OC(=O)C(C)NP(=O)(Oc1ccccc1)Oc1ccc([N+](=O)[O-])cc1. The van der Waals surface area contributed by atoms with E-state index in [1.54, 1.807) is 37.3 Å². The molecule has 2 unspecified atom stereocenters. The lowest BCUT2D eigenvalue weighted by molar-refractivity contribution is -0.384. The highest BCUT2D eigenvalue weighted by molar-refractivity contribution is 7.52. The Morgan fingerprint density at radius 3 is 2.17 bits per heavy atom. The van der Waals surface area contributed by atoms with E-state index in [9.17, 15) is 19.5 Å².